The molecule has 2 heterocycles. The lowest BCUT2D eigenvalue weighted by Gasteiger charge is -2.33. The zero-order valence-electron chi connectivity index (χ0n) is 15.7. The van der Waals surface area contributed by atoms with Crippen molar-refractivity contribution in [2.75, 3.05) is 25.0 Å². The maximum atomic E-state index is 13.1. The van der Waals surface area contributed by atoms with Crippen molar-refractivity contribution in [3.63, 3.8) is 0 Å². The monoisotopic (exact) mass is 368 g/mol. The van der Waals surface area contributed by atoms with Crippen LogP contribution in [0.15, 0.2) is 42.7 Å². The Morgan fingerprint density at radius 1 is 1.33 bits per heavy atom. The minimum absolute atomic E-state index is 0.0674. The number of nitro groups is 1. The number of carbonyl (C=O) groups is 1. The number of benzene rings is 1. The van der Waals surface area contributed by atoms with E-state index in [1.54, 1.807) is 30.4 Å². The van der Waals surface area contributed by atoms with Crippen molar-refractivity contribution in [3.05, 3.63) is 64.0 Å². The minimum Gasteiger partial charge on any atom is -0.371 e. The number of non-ortho nitro benzene ring substituents is 1. The number of pyridine rings is 1. The molecular formula is C20H24N4O3. The topological polar surface area (TPSA) is 79.6 Å². The molecule has 0 spiro atoms. The summed E-state index contributed by atoms with van der Waals surface area (Å²) in [7, 11) is 1.70. The van der Waals surface area contributed by atoms with Gasteiger partial charge >= 0.3 is 0 Å². The normalized spacial score (nSPS) is 14.8. The average Bonchev–Trinajstić information content (AvgIpc) is 2.68. The first-order chi connectivity index (χ1) is 13.0. The van der Waals surface area contributed by atoms with Crippen molar-refractivity contribution in [1.29, 1.82) is 0 Å². The number of hydrogen-bond acceptors (Lipinski definition) is 5. The highest BCUT2D eigenvalue weighted by atomic mass is 16.6. The van der Waals surface area contributed by atoms with E-state index in [9.17, 15) is 14.9 Å². The second-order valence-electron chi connectivity index (χ2n) is 7.15. The molecule has 0 aliphatic carbocycles. The van der Waals surface area contributed by atoms with Crippen LogP contribution in [0.1, 0.15) is 35.7 Å². The number of amides is 1. The number of piperidine rings is 1. The summed E-state index contributed by atoms with van der Waals surface area (Å²) in [5.41, 5.74) is 2.00. The van der Waals surface area contributed by atoms with E-state index in [1.807, 2.05) is 12.1 Å². The average molecular weight is 368 g/mol. The van der Waals surface area contributed by atoms with Crippen LogP contribution < -0.4 is 4.90 Å². The van der Waals surface area contributed by atoms with E-state index in [0.717, 1.165) is 37.2 Å². The van der Waals surface area contributed by atoms with Gasteiger partial charge in [-0.05, 0) is 36.5 Å². The Labute approximate surface area is 158 Å². The smallest absolute Gasteiger partial charge is 0.270 e. The predicted molar refractivity (Wildman–Crippen MR) is 104 cm³/mol. The zero-order valence-corrected chi connectivity index (χ0v) is 15.7. The van der Waals surface area contributed by atoms with E-state index >= 15 is 0 Å². The molecule has 142 valence electrons. The van der Waals surface area contributed by atoms with Crippen LogP contribution in [-0.2, 0) is 6.54 Å². The lowest BCUT2D eigenvalue weighted by atomic mass is 9.97. The quantitative estimate of drug-likeness (QED) is 0.596. The molecule has 27 heavy (non-hydrogen) atoms. The highest BCUT2D eigenvalue weighted by molar-refractivity contribution is 6.00. The second-order valence-corrected chi connectivity index (χ2v) is 7.15. The fraction of sp³-hybridized carbons (Fsp3) is 0.400. The number of rotatable bonds is 5. The van der Waals surface area contributed by atoms with Crippen molar-refractivity contribution in [3.8, 4) is 0 Å². The molecule has 0 radical (unpaired) electrons. The zero-order chi connectivity index (χ0) is 19.4. The first-order valence-electron chi connectivity index (χ1n) is 9.13. The molecule has 0 unspecified atom stereocenters. The molecule has 7 heteroatoms. The van der Waals surface area contributed by atoms with Crippen LogP contribution >= 0.6 is 0 Å². The molecule has 1 aromatic carbocycles. The molecule has 2 aromatic rings. The second kappa shape index (κ2) is 8.16. The van der Waals surface area contributed by atoms with Crippen molar-refractivity contribution >= 4 is 17.3 Å². The van der Waals surface area contributed by atoms with Gasteiger partial charge in [0, 0.05) is 51.2 Å². The number of nitrogens with zero attached hydrogens (tertiary/aromatic N) is 4. The highest BCUT2D eigenvalue weighted by Gasteiger charge is 2.25. The maximum Gasteiger partial charge on any atom is 0.270 e. The van der Waals surface area contributed by atoms with E-state index in [1.165, 1.54) is 12.1 Å². The fourth-order valence-electron chi connectivity index (χ4n) is 3.38. The predicted octanol–water partition coefficient (Wildman–Crippen LogP) is 3.50. The van der Waals surface area contributed by atoms with Gasteiger partial charge in [0.2, 0.25) is 0 Å². The van der Waals surface area contributed by atoms with Crippen molar-refractivity contribution in [2.45, 2.75) is 26.3 Å². The molecule has 1 aliphatic rings. The molecule has 1 aromatic heterocycles. The summed E-state index contributed by atoms with van der Waals surface area (Å²) < 4.78 is 0. The molecule has 1 amide bonds. The van der Waals surface area contributed by atoms with Crippen LogP contribution in [-0.4, -0.2) is 40.9 Å². The summed E-state index contributed by atoms with van der Waals surface area (Å²) in [5.74, 6) is 0.433. The molecule has 1 saturated heterocycles. The Bertz CT molecular complexity index is 817. The van der Waals surface area contributed by atoms with Crippen LogP contribution in [0.2, 0.25) is 0 Å². The van der Waals surface area contributed by atoms with Gasteiger partial charge in [0.1, 0.15) is 0 Å². The molecular weight excluding hydrogens is 344 g/mol. The van der Waals surface area contributed by atoms with Crippen LogP contribution in [0.25, 0.3) is 0 Å². The summed E-state index contributed by atoms with van der Waals surface area (Å²) in [4.78, 5) is 31.7. The SMILES string of the molecule is CC1CCN(c2ccc([N+](=O)[O-])cc2C(=O)N(C)Cc2cccnc2)CC1. The summed E-state index contributed by atoms with van der Waals surface area (Å²) in [6.45, 7) is 4.32. The summed E-state index contributed by atoms with van der Waals surface area (Å²) in [6, 6.07) is 8.30. The number of carbonyl (C=O) groups excluding carboxylic acids is 1. The highest BCUT2D eigenvalue weighted by Crippen LogP contribution is 2.30. The number of aromatic nitrogens is 1. The van der Waals surface area contributed by atoms with Gasteiger partial charge in [-0.25, -0.2) is 0 Å². The van der Waals surface area contributed by atoms with Gasteiger partial charge < -0.3 is 9.80 Å². The van der Waals surface area contributed by atoms with E-state index in [0.29, 0.717) is 18.0 Å². The fourth-order valence-corrected chi connectivity index (χ4v) is 3.38. The summed E-state index contributed by atoms with van der Waals surface area (Å²) >= 11 is 0. The summed E-state index contributed by atoms with van der Waals surface area (Å²) in [6.07, 6.45) is 5.50. The molecule has 0 N–H and O–H groups in total. The Morgan fingerprint density at radius 3 is 2.70 bits per heavy atom. The van der Waals surface area contributed by atoms with E-state index in [4.69, 9.17) is 0 Å². The standard InChI is InChI=1S/C20H24N4O3/c1-15-7-10-23(11-8-15)19-6-5-17(24(26)27)12-18(19)20(25)22(2)14-16-4-3-9-21-13-16/h3-6,9,12-13,15H,7-8,10-11,14H2,1-2H3. The molecule has 0 atom stereocenters. The third kappa shape index (κ3) is 4.42. The van der Waals surface area contributed by atoms with Gasteiger partial charge in [0.25, 0.3) is 11.6 Å². The van der Waals surface area contributed by atoms with Crippen molar-refractivity contribution in [1.82, 2.24) is 9.88 Å². The molecule has 3 rings (SSSR count). The molecule has 0 bridgehead atoms. The molecule has 1 fully saturated rings. The van der Waals surface area contributed by atoms with Gasteiger partial charge in [-0.1, -0.05) is 13.0 Å². The van der Waals surface area contributed by atoms with E-state index in [-0.39, 0.29) is 11.6 Å². The van der Waals surface area contributed by atoms with Crippen molar-refractivity contribution < 1.29 is 9.72 Å². The van der Waals surface area contributed by atoms with Gasteiger partial charge in [-0.3, -0.25) is 19.9 Å². The number of nitro benzene ring substituents is 1. The van der Waals surface area contributed by atoms with Gasteiger partial charge in [-0.15, -0.1) is 0 Å². The lowest BCUT2D eigenvalue weighted by Crippen LogP contribution is -2.35. The van der Waals surface area contributed by atoms with Crippen LogP contribution in [0.3, 0.4) is 0 Å². The van der Waals surface area contributed by atoms with Gasteiger partial charge in [0.15, 0.2) is 0 Å². The van der Waals surface area contributed by atoms with Crippen molar-refractivity contribution in [2.24, 2.45) is 5.92 Å². The maximum absolute atomic E-state index is 13.1. The van der Waals surface area contributed by atoms with Crippen LogP contribution in [0, 0.1) is 16.0 Å². The lowest BCUT2D eigenvalue weighted by molar-refractivity contribution is -0.384. The third-order valence-corrected chi connectivity index (χ3v) is 5.03. The van der Waals surface area contributed by atoms with E-state index < -0.39 is 4.92 Å². The van der Waals surface area contributed by atoms with Gasteiger partial charge in [-0.2, -0.15) is 0 Å². The molecule has 1 aliphatic heterocycles. The van der Waals surface area contributed by atoms with Gasteiger partial charge in [0.05, 0.1) is 16.2 Å². The largest absolute Gasteiger partial charge is 0.371 e. The van der Waals surface area contributed by atoms with Crippen LogP contribution in [0.5, 0.6) is 0 Å². The Balaban J connectivity index is 1.89. The molecule has 7 nitrogen and oxygen atoms in total. The Morgan fingerprint density at radius 2 is 2.07 bits per heavy atom. The molecule has 0 saturated carbocycles. The minimum atomic E-state index is -0.458. The summed E-state index contributed by atoms with van der Waals surface area (Å²) in [5, 5.41) is 11.2. The van der Waals surface area contributed by atoms with E-state index in [2.05, 4.69) is 16.8 Å². The number of hydrogen-bond donors (Lipinski definition) is 0. The number of anilines is 1. The Kier molecular flexibility index (Phi) is 5.69. The third-order valence-electron chi connectivity index (χ3n) is 5.03. The van der Waals surface area contributed by atoms with Crippen LogP contribution in [0.4, 0.5) is 11.4 Å². The Hall–Kier alpha value is -2.96. The first kappa shape index (κ1) is 18.8. The first-order valence-corrected chi connectivity index (χ1v) is 9.13.